The van der Waals surface area contributed by atoms with Crippen molar-refractivity contribution in [2.24, 2.45) is 0 Å². The molecule has 0 aliphatic heterocycles. The number of benzene rings is 2. The molecule has 18 heavy (non-hydrogen) atoms. The van der Waals surface area contributed by atoms with E-state index >= 15 is 0 Å². The quantitative estimate of drug-likeness (QED) is 0.837. The first kappa shape index (κ1) is 12.2. The highest BCUT2D eigenvalue weighted by Crippen LogP contribution is 2.25. The Morgan fingerprint density at radius 3 is 2.56 bits per heavy atom. The van der Waals surface area contributed by atoms with E-state index in [1.54, 1.807) is 7.11 Å². The SMILES string of the molecule is C=C[C@H](C(=O)O)c1ccc2cc(OC)ccc2c1. The molecule has 0 radical (unpaired) electrons. The maximum Gasteiger partial charge on any atom is 0.314 e. The predicted molar refractivity (Wildman–Crippen MR) is 71.1 cm³/mol. The van der Waals surface area contributed by atoms with Gasteiger partial charge in [0.05, 0.1) is 13.0 Å². The summed E-state index contributed by atoms with van der Waals surface area (Å²) >= 11 is 0. The van der Waals surface area contributed by atoms with Crippen LogP contribution < -0.4 is 4.74 Å². The average molecular weight is 242 g/mol. The molecule has 3 heteroatoms. The van der Waals surface area contributed by atoms with Crippen LogP contribution in [0.25, 0.3) is 10.8 Å². The van der Waals surface area contributed by atoms with Crippen molar-refractivity contribution in [1.29, 1.82) is 0 Å². The lowest BCUT2D eigenvalue weighted by molar-refractivity contribution is -0.137. The summed E-state index contributed by atoms with van der Waals surface area (Å²) in [6, 6.07) is 11.3. The van der Waals surface area contributed by atoms with Crippen LogP contribution in [-0.4, -0.2) is 18.2 Å². The third kappa shape index (κ3) is 2.20. The Bertz CT molecular complexity index is 602. The average Bonchev–Trinajstić information content (AvgIpc) is 2.38. The van der Waals surface area contributed by atoms with Crippen LogP contribution in [0.4, 0.5) is 0 Å². The van der Waals surface area contributed by atoms with Gasteiger partial charge in [0.2, 0.25) is 0 Å². The molecule has 0 fully saturated rings. The van der Waals surface area contributed by atoms with Crippen molar-refractivity contribution in [1.82, 2.24) is 0 Å². The second-order valence-electron chi connectivity index (χ2n) is 4.02. The third-order valence-corrected chi connectivity index (χ3v) is 2.93. The number of methoxy groups -OCH3 is 1. The minimum atomic E-state index is -0.891. The Balaban J connectivity index is 2.50. The molecular formula is C15H14O3. The summed E-state index contributed by atoms with van der Waals surface area (Å²) in [5, 5.41) is 11.1. The molecule has 0 spiro atoms. The lowest BCUT2D eigenvalue weighted by Crippen LogP contribution is -2.08. The maximum absolute atomic E-state index is 11.1. The Kier molecular flexibility index (Phi) is 3.33. The van der Waals surface area contributed by atoms with E-state index in [1.165, 1.54) is 6.08 Å². The molecule has 3 nitrogen and oxygen atoms in total. The summed E-state index contributed by atoms with van der Waals surface area (Å²) in [5.41, 5.74) is 0.732. The summed E-state index contributed by atoms with van der Waals surface area (Å²) in [6.45, 7) is 3.57. The number of ether oxygens (including phenoxy) is 1. The molecule has 0 heterocycles. The lowest BCUT2D eigenvalue weighted by atomic mass is 9.96. The Morgan fingerprint density at radius 2 is 1.94 bits per heavy atom. The maximum atomic E-state index is 11.1. The zero-order chi connectivity index (χ0) is 13.1. The number of fused-ring (bicyclic) bond motifs is 1. The highest BCUT2D eigenvalue weighted by atomic mass is 16.5. The largest absolute Gasteiger partial charge is 0.497 e. The first-order valence-electron chi connectivity index (χ1n) is 5.59. The summed E-state index contributed by atoms with van der Waals surface area (Å²) < 4.78 is 5.15. The minimum Gasteiger partial charge on any atom is -0.497 e. The monoisotopic (exact) mass is 242 g/mol. The van der Waals surface area contributed by atoms with Gasteiger partial charge in [-0.05, 0) is 34.5 Å². The highest BCUT2D eigenvalue weighted by molar-refractivity contribution is 5.87. The van der Waals surface area contributed by atoms with Gasteiger partial charge >= 0.3 is 5.97 Å². The topological polar surface area (TPSA) is 46.5 Å². The second-order valence-corrected chi connectivity index (χ2v) is 4.02. The van der Waals surface area contributed by atoms with E-state index in [-0.39, 0.29) is 0 Å². The van der Waals surface area contributed by atoms with Gasteiger partial charge in [0, 0.05) is 0 Å². The number of rotatable bonds is 4. The van der Waals surface area contributed by atoms with Gasteiger partial charge in [0.15, 0.2) is 0 Å². The van der Waals surface area contributed by atoms with Crippen LogP contribution in [0.1, 0.15) is 11.5 Å². The van der Waals surface area contributed by atoms with Crippen molar-refractivity contribution < 1.29 is 14.6 Å². The molecule has 0 aliphatic carbocycles. The van der Waals surface area contributed by atoms with Crippen molar-refractivity contribution >= 4 is 16.7 Å². The van der Waals surface area contributed by atoms with Crippen LogP contribution in [0.3, 0.4) is 0 Å². The molecule has 2 aromatic carbocycles. The standard InChI is InChI=1S/C15H14O3/c1-3-14(15(16)17)12-5-4-11-9-13(18-2)7-6-10(11)8-12/h3-9,14H,1H2,2H3,(H,16,17)/t14-/m0/s1. The number of carbonyl (C=O) groups is 1. The summed E-state index contributed by atoms with van der Waals surface area (Å²) in [5.74, 6) is -0.775. The first-order chi connectivity index (χ1) is 8.65. The molecule has 0 aliphatic rings. The van der Waals surface area contributed by atoms with Gasteiger partial charge in [0.25, 0.3) is 0 Å². The number of aliphatic carboxylic acids is 1. The van der Waals surface area contributed by atoms with Crippen LogP contribution in [0.5, 0.6) is 5.75 Å². The molecular weight excluding hydrogens is 228 g/mol. The van der Waals surface area contributed by atoms with Crippen molar-refractivity contribution in [3.63, 3.8) is 0 Å². The van der Waals surface area contributed by atoms with Crippen LogP contribution >= 0.6 is 0 Å². The zero-order valence-corrected chi connectivity index (χ0v) is 10.1. The molecule has 0 amide bonds. The molecule has 1 atom stereocenters. The van der Waals surface area contributed by atoms with E-state index in [1.807, 2.05) is 36.4 Å². The molecule has 2 rings (SSSR count). The van der Waals surface area contributed by atoms with Gasteiger partial charge in [-0.1, -0.05) is 24.3 Å². The molecule has 0 bridgehead atoms. The van der Waals surface area contributed by atoms with Crippen LogP contribution in [0, 0.1) is 0 Å². The molecule has 0 saturated carbocycles. The van der Waals surface area contributed by atoms with E-state index in [0.29, 0.717) is 0 Å². The smallest absolute Gasteiger partial charge is 0.314 e. The van der Waals surface area contributed by atoms with Crippen molar-refractivity contribution in [3.05, 3.63) is 54.6 Å². The lowest BCUT2D eigenvalue weighted by Gasteiger charge is -2.09. The minimum absolute atomic E-state index is 0.670. The van der Waals surface area contributed by atoms with Gasteiger partial charge in [-0.25, -0.2) is 0 Å². The fraction of sp³-hybridized carbons (Fsp3) is 0.133. The fourth-order valence-electron chi connectivity index (χ4n) is 1.94. The molecule has 0 saturated heterocycles. The molecule has 1 N–H and O–H groups in total. The van der Waals surface area contributed by atoms with Crippen molar-refractivity contribution in [2.45, 2.75) is 5.92 Å². The number of hydrogen-bond acceptors (Lipinski definition) is 2. The van der Waals surface area contributed by atoms with E-state index < -0.39 is 11.9 Å². The van der Waals surface area contributed by atoms with Gasteiger partial charge in [-0.15, -0.1) is 6.58 Å². The van der Waals surface area contributed by atoms with Gasteiger partial charge < -0.3 is 9.84 Å². The first-order valence-corrected chi connectivity index (χ1v) is 5.59. The van der Waals surface area contributed by atoms with E-state index in [9.17, 15) is 4.79 Å². The van der Waals surface area contributed by atoms with Crippen LogP contribution in [-0.2, 0) is 4.79 Å². The Labute approximate surface area is 105 Å². The number of carboxylic acid groups (broad SMARTS) is 1. The zero-order valence-electron chi connectivity index (χ0n) is 10.1. The molecule has 92 valence electrons. The molecule has 0 aromatic heterocycles. The van der Waals surface area contributed by atoms with Gasteiger partial charge in [0.1, 0.15) is 5.75 Å². The van der Waals surface area contributed by atoms with Crippen molar-refractivity contribution in [3.8, 4) is 5.75 Å². The Morgan fingerprint density at radius 1 is 1.28 bits per heavy atom. The number of hydrogen-bond donors (Lipinski definition) is 1. The Hall–Kier alpha value is -2.29. The van der Waals surface area contributed by atoms with E-state index in [4.69, 9.17) is 9.84 Å². The summed E-state index contributed by atoms with van der Waals surface area (Å²) in [6.07, 6.45) is 1.44. The molecule has 0 unspecified atom stereocenters. The summed E-state index contributed by atoms with van der Waals surface area (Å²) in [7, 11) is 1.62. The normalized spacial score (nSPS) is 12.1. The summed E-state index contributed by atoms with van der Waals surface area (Å²) in [4.78, 5) is 11.1. The van der Waals surface area contributed by atoms with E-state index in [0.717, 1.165) is 22.1 Å². The van der Waals surface area contributed by atoms with E-state index in [2.05, 4.69) is 6.58 Å². The van der Waals surface area contributed by atoms with Crippen molar-refractivity contribution in [2.75, 3.05) is 7.11 Å². The predicted octanol–water partition coefficient (Wildman–Crippen LogP) is 3.20. The van der Waals surface area contributed by atoms with Crippen LogP contribution in [0.15, 0.2) is 49.1 Å². The highest BCUT2D eigenvalue weighted by Gasteiger charge is 2.15. The number of carboxylic acids is 1. The van der Waals surface area contributed by atoms with Gasteiger partial charge in [-0.2, -0.15) is 0 Å². The van der Waals surface area contributed by atoms with Crippen LogP contribution in [0.2, 0.25) is 0 Å². The third-order valence-electron chi connectivity index (χ3n) is 2.93. The second kappa shape index (κ2) is 4.92. The molecule has 2 aromatic rings. The van der Waals surface area contributed by atoms with Gasteiger partial charge in [-0.3, -0.25) is 4.79 Å². The fourth-order valence-corrected chi connectivity index (χ4v) is 1.94.